The van der Waals surface area contributed by atoms with Gasteiger partial charge in [0.25, 0.3) is 0 Å². The van der Waals surface area contributed by atoms with Gasteiger partial charge in [-0.3, -0.25) is 9.69 Å². The predicted octanol–water partition coefficient (Wildman–Crippen LogP) is 1.82. The average molecular weight is 277 g/mol. The molecule has 2 aliphatic rings. The molecule has 0 radical (unpaired) electrons. The van der Waals surface area contributed by atoms with Gasteiger partial charge in [-0.25, -0.2) is 0 Å². The smallest absolute Gasteiger partial charge is 0.225 e. The number of carbonyl (C=O) groups is 1. The molecule has 1 saturated carbocycles. The van der Waals surface area contributed by atoms with Crippen LogP contribution in [-0.4, -0.2) is 47.0 Å². The highest BCUT2D eigenvalue weighted by Crippen LogP contribution is 2.28. The fraction of sp³-hybridized carbons (Fsp3) is 0.733. The van der Waals surface area contributed by atoms with Gasteiger partial charge in [-0.2, -0.15) is 0 Å². The summed E-state index contributed by atoms with van der Waals surface area (Å²) in [4.78, 5) is 16.7. The highest BCUT2D eigenvalue weighted by Gasteiger charge is 2.30. The molecule has 5 nitrogen and oxygen atoms in total. The predicted molar refractivity (Wildman–Crippen MR) is 75.1 cm³/mol. The van der Waals surface area contributed by atoms with E-state index in [1.54, 1.807) is 0 Å². The van der Waals surface area contributed by atoms with Gasteiger partial charge in [0.05, 0.1) is 5.69 Å². The Morgan fingerprint density at radius 1 is 1.30 bits per heavy atom. The summed E-state index contributed by atoms with van der Waals surface area (Å²) < 4.78 is 5.11. The minimum atomic E-state index is 0.319. The molecule has 5 heteroatoms. The summed E-state index contributed by atoms with van der Waals surface area (Å²) in [7, 11) is 0. The van der Waals surface area contributed by atoms with Crippen LogP contribution in [0.3, 0.4) is 0 Å². The summed E-state index contributed by atoms with van der Waals surface area (Å²) in [6, 6.07) is 1.99. The molecule has 0 unspecified atom stereocenters. The van der Waals surface area contributed by atoms with Gasteiger partial charge in [0.1, 0.15) is 5.76 Å². The molecule has 0 bridgehead atoms. The van der Waals surface area contributed by atoms with Crippen LogP contribution in [0.1, 0.15) is 37.1 Å². The first-order valence-corrected chi connectivity index (χ1v) is 7.66. The fourth-order valence-corrected chi connectivity index (χ4v) is 2.98. The summed E-state index contributed by atoms with van der Waals surface area (Å²) in [6.45, 7) is 6.46. The maximum atomic E-state index is 12.3. The number of carbonyl (C=O) groups excluding carboxylic acids is 1. The number of rotatable bonds is 3. The van der Waals surface area contributed by atoms with Gasteiger partial charge < -0.3 is 9.42 Å². The zero-order chi connectivity index (χ0) is 13.9. The summed E-state index contributed by atoms with van der Waals surface area (Å²) in [6.07, 6.45) is 4.46. The van der Waals surface area contributed by atoms with Gasteiger partial charge in [0, 0.05) is 44.7 Å². The lowest BCUT2D eigenvalue weighted by Gasteiger charge is -2.31. The average Bonchev–Trinajstić information content (AvgIpc) is 2.62. The van der Waals surface area contributed by atoms with Crippen LogP contribution in [-0.2, 0) is 11.3 Å². The van der Waals surface area contributed by atoms with Crippen molar-refractivity contribution < 1.29 is 9.32 Å². The highest BCUT2D eigenvalue weighted by molar-refractivity contribution is 5.79. The van der Waals surface area contributed by atoms with Gasteiger partial charge in [-0.15, -0.1) is 0 Å². The van der Waals surface area contributed by atoms with Gasteiger partial charge in [0.15, 0.2) is 0 Å². The molecule has 0 aromatic carbocycles. The Hall–Kier alpha value is -1.36. The number of aryl methyl sites for hydroxylation is 1. The molecule has 110 valence electrons. The van der Waals surface area contributed by atoms with E-state index in [4.69, 9.17) is 4.52 Å². The lowest BCUT2D eigenvalue weighted by molar-refractivity contribution is -0.138. The molecule has 1 aliphatic carbocycles. The second-order valence-corrected chi connectivity index (χ2v) is 6.01. The van der Waals surface area contributed by atoms with Crippen LogP contribution < -0.4 is 0 Å². The highest BCUT2D eigenvalue weighted by atomic mass is 16.5. The van der Waals surface area contributed by atoms with E-state index in [9.17, 15) is 4.79 Å². The SMILES string of the molecule is Cc1cc(CN2CCCN(C(=O)C3CCC3)CC2)no1. The molecular formula is C15H23N3O2. The number of hydrogen-bond acceptors (Lipinski definition) is 4. The van der Waals surface area contributed by atoms with Crippen molar-refractivity contribution in [3.63, 3.8) is 0 Å². The Balaban J connectivity index is 1.52. The lowest BCUT2D eigenvalue weighted by Crippen LogP contribution is -2.41. The second kappa shape index (κ2) is 5.95. The van der Waals surface area contributed by atoms with Gasteiger partial charge in [-0.05, 0) is 26.2 Å². The van der Waals surface area contributed by atoms with Crippen molar-refractivity contribution in [1.82, 2.24) is 15.0 Å². The van der Waals surface area contributed by atoms with E-state index in [-0.39, 0.29) is 0 Å². The fourth-order valence-electron chi connectivity index (χ4n) is 2.98. The normalized spacial score (nSPS) is 21.6. The first-order valence-electron chi connectivity index (χ1n) is 7.66. The van der Waals surface area contributed by atoms with E-state index in [2.05, 4.69) is 15.0 Å². The maximum absolute atomic E-state index is 12.3. The van der Waals surface area contributed by atoms with Gasteiger partial charge in [-0.1, -0.05) is 11.6 Å². The summed E-state index contributed by atoms with van der Waals surface area (Å²) in [5, 5.41) is 4.05. The largest absolute Gasteiger partial charge is 0.361 e. The second-order valence-electron chi connectivity index (χ2n) is 6.01. The Bertz CT molecular complexity index is 467. The molecule has 1 aliphatic heterocycles. The van der Waals surface area contributed by atoms with E-state index in [0.717, 1.165) is 63.4 Å². The molecule has 0 spiro atoms. The molecule has 1 saturated heterocycles. The van der Waals surface area contributed by atoms with Crippen LogP contribution in [0.2, 0.25) is 0 Å². The molecule has 0 atom stereocenters. The minimum absolute atomic E-state index is 0.319. The number of aromatic nitrogens is 1. The zero-order valence-electron chi connectivity index (χ0n) is 12.2. The van der Waals surface area contributed by atoms with Crippen LogP contribution in [0.4, 0.5) is 0 Å². The van der Waals surface area contributed by atoms with E-state index >= 15 is 0 Å². The zero-order valence-corrected chi connectivity index (χ0v) is 12.2. The first-order chi connectivity index (χ1) is 9.72. The van der Waals surface area contributed by atoms with Crippen molar-refractivity contribution in [2.75, 3.05) is 26.2 Å². The maximum Gasteiger partial charge on any atom is 0.225 e. The van der Waals surface area contributed by atoms with Crippen molar-refractivity contribution >= 4 is 5.91 Å². The molecule has 2 heterocycles. The third-order valence-electron chi connectivity index (χ3n) is 4.42. The molecule has 3 rings (SSSR count). The Labute approximate surface area is 119 Å². The van der Waals surface area contributed by atoms with Crippen molar-refractivity contribution in [3.8, 4) is 0 Å². The van der Waals surface area contributed by atoms with Crippen LogP contribution in [0.5, 0.6) is 0 Å². The summed E-state index contributed by atoms with van der Waals surface area (Å²) in [5.41, 5.74) is 0.987. The molecule has 1 aromatic heterocycles. The Kier molecular flexibility index (Phi) is 4.05. The van der Waals surface area contributed by atoms with Crippen molar-refractivity contribution in [2.45, 2.75) is 39.2 Å². The van der Waals surface area contributed by atoms with Crippen LogP contribution in [0.25, 0.3) is 0 Å². The Morgan fingerprint density at radius 2 is 2.15 bits per heavy atom. The van der Waals surface area contributed by atoms with Crippen LogP contribution in [0.15, 0.2) is 10.6 Å². The van der Waals surface area contributed by atoms with E-state index in [0.29, 0.717) is 11.8 Å². The van der Waals surface area contributed by atoms with Crippen LogP contribution in [0, 0.1) is 12.8 Å². The van der Waals surface area contributed by atoms with E-state index in [1.165, 1.54) is 6.42 Å². The lowest BCUT2D eigenvalue weighted by atomic mass is 9.84. The summed E-state index contributed by atoms with van der Waals surface area (Å²) in [5.74, 6) is 1.56. The molecule has 20 heavy (non-hydrogen) atoms. The Morgan fingerprint density at radius 3 is 2.80 bits per heavy atom. The van der Waals surface area contributed by atoms with Crippen molar-refractivity contribution in [2.24, 2.45) is 5.92 Å². The van der Waals surface area contributed by atoms with Gasteiger partial charge >= 0.3 is 0 Å². The summed E-state index contributed by atoms with van der Waals surface area (Å²) >= 11 is 0. The first kappa shape index (κ1) is 13.6. The number of amides is 1. The van der Waals surface area contributed by atoms with E-state index in [1.807, 2.05) is 13.0 Å². The third kappa shape index (κ3) is 3.03. The molecular weight excluding hydrogens is 254 g/mol. The number of nitrogens with zero attached hydrogens (tertiary/aromatic N) is 3. The quantitative estimate of drug-likeness (QED) is 0.845. The van der Waals surface area contributed by atoms with Crippen molar-refractivity contribution in [3.05, 3.63) is 17.5 Å². The van der Waals surface area contributed by atoms with Gasteiger partial charge in [0.2, 0.25) is 5.91 Å². The third-order valence-corrected chi connectivity index (χ3v) is 4.42. The molecule has 1 amide bonds. The monoisotopic (exact) mass is 277 g/mol. The van der Waals surface area contributed by atoms with Crippen LogP contribution >= 0.6 is 0 Å². The standard InChI is InChI=1S/C15H23N3O2/c1-12-10-14(16-20-12)11-17-6-3-7-18(9-8-17)15(19)13-4-2-5-13/h10,13H,2-9,11H2,1H3. The molecule has 2 fully saturated rings. The van der Waals surface area contributed by atoms with E-state index < -0.39 is 0 Å². The minimum Gasteiger partial charge on any atom is -0.361 e. The topological polar surface area (TPSA) is 49.6 Å². The van der Waals surface area contributed by atoms with Crippen molar-refractivity contribution in [1.29, 1.82) is 0 Å². The molecule has 1 aromatic rings. The number of hydrogen-bond donors (Lipinski definition) is 0. The molecule has 0 N–H and O–H groups in total.